The van der Waals surface area contributed by atoms with E-state index in [1.54, 1.807) is 31.2 Å². The average Bonchev–Trinajstić information content (AvgIpc) is 2.82. The Balaban J connectivity index is 1.85. The summed E-state index contributed by atoms with van der Waals surface area (Å²) >= 11 is 0. The van der Waals surface area contributed by atoms with E-state index >= 15 is 0 Å². The highest BCUT2D eigenvalue weighted by atomic mass is 14.9. The molecule has 4 rings (SSSR count). The molecule has 0 heterocycles. The quantitative estimate of drug-likeness (QED) is 0.451. The number of benzene rings is 4. The molecule has 0 aromatic heterocycles. The molecular weight excluding hydrogens is 290 g/mol. The molecule has 0 aliphatic rings. The first-order chi connectivity index (χ1) is 16.0. The van der Waals surface area contributed by atoms with Crippen molar-refractivity contribution in [3.8, 4) is 11.1 Å². The Kier molecular flexibility index (Phi) is 1.87. The van der Waals surface area contributed by atoms with Crippen LogP contribution in [-0.2, 0) is 0 Å². The van der Waals surface area contributed by atoms with Crippen molar-refractivity contribution in [1.29, 1.82) is 0 Å². The van der Waals surface area contributed by atoms with Crippen LogP contribution >= 0.6 is 0 Å². The molecule has 0 aliphatic carbocycles. The number of hydrogen-bond acceptors (Lipinski definition) is 1. The van der Waals surface area contributed by atoms with Gasteiger partial charge in [-0.25, -0.2) is 0 Å². The van der Waals surface area contributed by atoms with Gasteiger partial charge in [-0.1, -0.05) is 66.5 Å². The van der Waals surface area contributed by atoms with E-state index in [4.69, 9.17) is 13.7 Å². The van der Waals surface area contributed by atoms with Crippen LogP contribution in [0, 0.1) is 6.92 Å². The first-order valence-electron chi connectivity index (χ1n) is 12.4. The highest BCUT2D eigenvalue weighted by Crippen LogP contribution is 2.31. The summed E-state index contributed by atoms with van der Waals surface area (Å²) < 4.78 is 80.6. The molecule has 0 aliphatic heterocycles. The third-order valence-electron chi connectivity index (χ3n) is 3.58. The van der Waals surface area contributed by atoms with Crippen molar-refractivity contribution in [2.75, 3.05) is 5.32 Å². The van der Waals surface area contributed by atoms with Crippen molar-refractivity contribution in [3.63, 3.8) is 0 Å². The van der Waals surface area contributed by atoms with Crippen molar-refractivity contribution < 1.29 is 13.7 Å². The number of fused-ring (bicyclic) bond motifs is 1. The second-order valence-corrected chi connectivity index (χ2v) is 5.28. The summed E-state index contributed by atoms with van der Waals surface area (Å²) in [7, 11) is 0. The van der Waals surface area contributed by atoms with E-state index in [0.717, 1.165) is 0 Å². The first-order valence-corrected chi connectivity index (χ1v) is 7.40. The van der Waals surface area contributed by atoms with Crippen LogP contribution in [0.1, 0.15) is 19.3 Å². The van der Waals surface area contributed by atoms with E-state index < -0.39 is 18.1 Å². The summed E-state index contributed by atoms with van der Waals surface area (Å²) in [5.74, 6) is 0. The molecule has 4 aromatic carbocycles. The number of rotatable bonds is 3. The lowest BCUT2D eigenvalue weighted by Gasteiger charge is -2.11. The van der Waals surface area contributed by atoms with Crippen LogP contribution in [0.5, 0.6) is 0 Å². The molecule has 24 heavy (non-hydrogen) atoms. The summed E-state index contributed by atoms with van der Waals surface area (Å²) in [6.07, 6.45) is 0. The lowest BCUT2D eigenvalue weighted by molar-refractivity contribution is 1.49. The SMILES string of the molecule is [2H]c1cc2c(-c3ccc(Nc4c([2H])c([2H])c([2H])c([2H])c4[2H])cc3)c([2H])c(C)c([2H])c2c([2H])c1[2H]. The van der Waals surface area contributed by atoms with Crippen molar-refractivity contribution in [3.05, 3.63) is 96.3 Å². The average molecular weight is 319 g/mol. The Morgan fingerprint density at radius 1 is 0.750 bits per heavy atom. The fraction of sp³-hybridized carbons (Fsp3) is 0.0435. The molecule has 0 atom stereocenters. The summed E-state index contributed by atoms with van der Waals surface area (Å²) in [6, 6.07) is 5.36. The molecule has 116 valence electrons. The molecule has 0 fully saturated rings. The topological polar surface area (TPSA) is 12.0 Å². The first kappa shape index (κ1) is 7.23. The molecule has 1 heteroatoms. The molecule has 1 N–H and O–H groups in total. The molecule has 0 radical (unpaired) electrons. The van der Waals surface area contributed by atoms with Gasteiger partial charge in [0.05, 0.1) is 13.7 Å². The second kappa shape index (κ2) is 6.21. The minimum absolute atomic E-state index is 0.0123. The third-order valence-corrected chi connectivity index (χ3v) is 3.58. The number of nitrogens with one attached hydrogen (secondary N) is 1. The van der Waals surface area contributed by atoms with Crippen molar-refractivity contribution in [1.82, 2.24) is 0 Å². The predicted octanol–water partition coefficient (Wildman–Crippen LogP) is 6.56. The van der Waals surface area contributed by atoms with E-state index in [9.17, 15) is 0 Å². The monoisotopic (exact) mass is 319 g/mol. The lowest BCUT2D eigenvalue weighted by Crippen LogP contribution is -1.90. The zero-order valence-corrected chi connectivity index (χ0v) is 12.9. The van der Waals surface area contributed by atoms with Gasteiger partial charge in [-0.15, -0.1) is 0 Å². The van der Waals surface area contributed by atoms with Crippen LogP contribution in [0.3, 0.4) is 0 Å². The van der Waals surface area contributed by atoms with Gasteiger partial charge in [0.25, 0.3) is 0 Å². The Labute approximate surface area is 156 Å². The predicted molar refractivity (Wildman–Crippen MR) is 104 cm³/mol. The molecular formula is C23H19N. The fourth-order valence-corrected chi connectivity index (χ4v) is 2.52. The van der Waals surface area contributed by atoms with Crippen LogP contribution in [-0.4, -0.2) is 0 Å². The molecule has 0 saturated heterocycles. The van der Waals surface area contributed by atoms with Crippen LogP contribution in [0.15, 0.2) is 90.8 Å². The standard InChI is InChI=1S/C23H19N/c1-17-15-19-7-5-6-10-22(19)23(16-17)18-11-13-21(14-12-18)24-20-8-3-2-4-9-20/h2-16,24H,1H3/i2D,3D,4D,5D,6D,7D,8D,9D,15D,16D. The Morgan fingerprint density at radius 3 is 2.29 bits per heavy atom. The summed E-state index contributed by atoms with van der Waals surface area (Å²) in [5, 5.41) is 3.45. The zero-order chi connectivity index (χ0) is 25.1. The Bertz CT molecular complexity index is 1440. The molecule has 4 aromatic rings. The van der Waals surface area contributed by atoms with Gasteiger partial charge in [-0.05, 0) is 58.6 Å². The van der Waals surface area contributed by atoms with Crippen molar-refractivity contribution >= 4 is 22.1 Å². The van der Waals surface area contributed by atoms with Gasteiger partial charge in [0.1, 0.15) is 0 Å². The van der Waals surface area contributed by atoms with Crippen LogP contribution in [0.2, 0.25) is 0 Å². The highest BCUT2D eigenvalue weighted by molar-refractivity contribution is 5.97. The second-order valence-electron chi connectivity index (χ2n) is 5.28. The van der Waals surface area contributed by atoms with Gasteiger partial charge in [0, 0.05) is 11.4 Å². The van der Waals surface area contributed by atoms with Crippen molar-refractivity contribution in [2.24, 2.45) is 0 Å². The smallest absolute Gasteiger partial charge is 0.0645 e. The maximum absolute atomic E-state index is 8.59. The Hall–Kier alpha value is -3.06. The van der Waals surface area contributed by atoms with E-state index in [1.807, 2.05) is 0 Å². The summed E-state index contributed by atoms with van der Waals surface area (Å²) in [5.41, 5.74) is 1.78. The van der Waals surface area contributed by atoms with E-state index in [-0.39, 0.29) is 53.4 Å². The zero-order valence-electron chi connectivity index (χ0n) is 22.9. The summed E-state index contributed by atoms with van der Waals surface area (Å²) in [6.45, 7) is 1.61. The number of anilines is 2. The van der Waals surface area contributed by atoms with E-state index in [1.165, 1.54) is 6.07 Å². The molecule has 0 unspecified atom stereocenters. The fourth-order valence-electron chi connectivity index (χ4n) is 2.52. The summed E-state index contributed by atoms with van der Waals surface area (Å²) in [4.78, 5) is 0. The molecule has 0 bridgehead atoms. The van der Waals surface area contributed by atoms with E-state index in [0.29, 0.717) is 27.8 Å². The van der Waals surface area contributed by atoms with Gasteiger partial charge in [0.15, 0.2) is 0 Å². The van der Waals surface area contributed by atoms with Crippen molar-refractivity contribution in [2.45, 2.75) is 6.92 Å². The van der Waals surface area contributed by atoms with Gasteiger partial charge in [0.2, 0.25) is 0 Å². The maximum Gasteiger partial charge on any atom is 0.0645 e. The number of hydrogen-bond donors (Lipinski definition) is 1. The molecule has 0 saturated carbocycles. The largest absolute Gasteiger partial charge is 0.356 e. The van der Waals surface area contributed by atoms with E-state index in [2.05, 4.69) is 5.32 Å². The molecule has 0 spiro atoms. The lowest BCUT2D eigenvalue weighted by atomic mass is 9.96. The number of para-hydroxylation sites is 1. The third kappa shape index (κ3) is 2.89. The van der Waals surface area contributed by atoms with Crippen LogP contribution in [0.25, 0.3) is 21.9 Å². The van der Waals surface area contributed by atoms with Crippen LogP contribution < -0.4 is 5.32 Å². The minimum Gasteiger partial charge on any atom is -0.356 e. The Morgan fingerprint density at radius 2 is 1.50 bits per heavy atom. The van der Waals surface area contributed by atoms with Gasteiger partial charge in [-0.3, -0.25) is 0 Å². The normalized spacial score (nSPS) is 16.5. The van der Waals surface area contributed by atoms with Gasteiger partial charge < -0.3 is 5.32 Å². The minimum atomic E-state index is -0.475. The highest BCUT2D eigenvalue weighted by Gasteiger charge is 2.05. The molecule has 1 nitrogen and oxygen atoms in total. The molecule has 0 amide bonds. The maximum atomic E-state index is 8.59. The van der Waals surface area contributed by atoms with Gasteiger partial charge in [-0.2, -0.15) is 0 Å². The van der Waals surface area contributed by atoms with Gasteiger partial charge >= 0.3 is 0 Å². The van der Waals surface area contributed by atoms with Crippen LogP contribution in [0.4, 0.5) is 11.4 Å².